The van der Waals surface area contributed by atoms with Gasteiger partial charge in [0.25, 0.3) is 10.5 Å². The Labute approximate surface area is 136 Å². The molecule has 0 fully saturated rings. The van der Waals surface area contributed by atoms with Crippen LogP contribution >= 0.6 is 12.2 Å². The molecule has 0 spiro atoms. The topological polar surface area (TPSA) is 97.0 Å². The van der Waals surface area contributed by atoms with Crippen molar-refractivity contribution >= 4 is 29.3 Å². The average molecular weight is 328 g/mol. The van der Waals surface area contributed by atoms with Crippen LogP contribution in [0.15, 0.2) is 46.9 Å². The summed E-state index contributed by atoms with van der Waals surface area (Å²) in [6.45, 7) is 1.97. The molecule has 23 heavy (non-hydrogen) atoms. The van der Waals surface area contributed by atoms with Gasteiger partial charge in [0.15, 0.2) is 0 Å². The standard InChI is InChI=1S/C15H12N4O3S/c1-9-2-5-11(6-3-9)16-12-7-4-10(8-13(12)19(20)21)14-17-18-15(23)22-14/h2-8,16H,1H3,(H,18,23). The van der Waals surface area contributed by atoms with Crippen LogP contribution in [-0.4, -0.2) is 15.1 Å². The number of nitrogens with zero attached hydrogens (tertiary/aromatic N) is 2. The van der Waals surface area contributed by atoms with Gasteiger partial charge < -0.3 is 9.73 Å². The van der Waals surface area contributed by atoms with Gasteiger partial charge in [-0.15, -0.1) is 5.10 Å². The third kappa shape index (κ3) is 3.27. The molecule has 1 aromatic heterocycles. The number of hydrogen-bond acceptors (Lipinski definition) is 6. The third-order valence-corrected chi connectivity index (χ3v) is 3.38. The summed E-state index contributed by atoms with van der Waals surface area (Å²) in [4.78, 5) is 11.0. The minimum atomic E-state index is -0.457. The SMILES string of the molecule is Cc1ccc(Nc2ccc(-c3n[nH]c(=S)o3)cc2[N+](=O)[O-])cc1. The highest BCUT2D eigenvalue weighted by molar-refractivity contribution is 7.71. The molecule has 7 nitrogen and oxygen atoms in total. The number of nitro groups is 1. The van der Waals surface area contributed by atoms with Crippen molar-refractivity contribution in [2.75, 3.05) is 5.32 Å². The summed E-state index contributed by atoms with van der Waals surface area (Å²) in [5, 5.41) is 20.7. The first-order valence-corrected chi connectivity index (χ1v) is 7.12. The molecule has 0 unspecified atom stereocenters. The maximum absolute atomic E-state index is 11.3. The number of aromatic amines is 1. The molecule has 2 N–H and O–H groups in total. The zero-order chi connectivity index (χ0) is 16.4. The van der Waals surface area contributed by atoms with E-state index in [1.54, 1.807) is 12.1 Å². The Morgan fingerprint density at radius 3 is 2.61 bits per heavy atom. The van der Waals surface area contributed by atoms with Gasteiger partial charge in [-0.05, 0) is 43.4 Å². The van der Waals surface area contributed by atoms with Crippen molar-refractivity contribution in [1.29, 1.82) is 0 Å². The smallest absolute Gasteiger partial charge is 0.293 e. The summed E-state index contributed by atoms with van der Waals surface area (Å²) in [6, 6.07) is 12.3. The van der Waals surface area contributed by atoms with E-state index in [1.165, 1.54) is 6.07 Å². The second-order valence-electron chi connectivity index (χ2n) is 4.90. The number of anilines is 2. The van der Waals surface area contributed by atoms with Crippen LogP contribution in [0.1, 0.15) is 5.56 Å². The van der Waals surface area contributed by atoms with E-state index in [9.17, 15) is 10.1 Å². The van der Waals surface area contributed by atoms with E-state index in [4.69, 9.17) is 16.6 Å². The lowest BCUT2D eigenvalue weighted by Crippen LogP contribution is -1.97. The monoisotopic (exact) mass is 328 g/mol. The summed E-state index contributed by atoms with van der Waals surface area (Å²) in [6.07, 6.45) is 0. The lowest BCUT2D eigenvalue weighted by Gasteiger charge is -2.08. The highest BCUT2D eigenvalue weighted by Crippen LogP contribution is 2.32. The maximum atomic E-state index is 11.3. The van der Waals surface area contributed by atoms with E-state index in [1.807, 2.05) is 31.2 Å². The van der Waals surface area contributed by atoms with Gasteiger partial charge in [0.2, 0.25) is 5.89 Å². The van der Waals surface area contributed by atoms with Gasteiger partial charge in [-0.3, -0.25) is 10.1 Å². The highest BCUT2D eigenvalue weighted by Gasteiger charge is 2.17. The molecule has 0 radical (unpaired) electrons. The lowest BCUT2D eigenvalue weighted by molar-refractivity contribution is -0.383. The maximum Gasteiger partial charge on any atom is 0.293 e. The van der Waals surface area contributed by atoms with Gasteiger partial charge in [-0.2, -0.15) is 0 Å². The van der Waals surface area contributed by atoms with Crippen molar-refractivity contribution in [2.45, 2.75) is 6.92 Å². The first kappa shape index (κ1) is 14.9. The normalized spacial score (nSPS) is 10.5. The Hall–Kier alpha value is -3.00. The van der Waals surface area contributed by atoms with Gasteiger partial charge >= 0.3 is 0 Å². The van der Waals surface area contributed by atoms with Crippen LogP contribution < -0.4 is 5.32 Å². The first-order valence-electron chi connectivity index (χ1n) is 6.71. The van der Waals surface area contributed by atoms with Gasteiger partial charge in [0.05, 0.1) is 4.92 Å². The van der Waals surface area contributed by atoms with Gasteiger partial charge in [0, 0.05) is 17.3 Å². The Bertz CT molecular complexity index is 915. The number of benzene rings is 2. The van der Waals surface area contributed by atoms with Crippen molar-refractivity contribution < 1.29 is 9.34 Å². The number of nitrogens with one attached hydrogen (secondary N) is 2. The Kier molecular flexibility index (Phi) is 3.90. The molecule has 116 valence electrons. The molecule has 0 saturated carbocycles. The zero-order valence-electron chi connectivity index (χ0n) is 12.1. The molecular formula is C15H12N4O3S. The van der Waals surface area contributed by atoms with E-state index < -0.39 is 4.92 Å². The molecular weight excluding hydrogens is 316 g/mol. The van der Waals surface area contributed by atoms with E-state index in [2.05, 4.69) is 15.5 Å². The summed E-state index contributed by atoms with van der Waals surface area (Å²) in [7, 11) is 0. The number of rotatable bonds is 4. The second kappa shape index (κ2) is 6.01. The Morgan fingerprint density at radius 2 is 2.00 bits per heavy atom. The predicted octanol–water partition coefficient (Wildman–Crippen LogP) is 4.36. The third-order valence-electron chi connectivity index (χ3n) is 3.21. The number of nitro benzene ring substituents is 1. The quantitative estimate of drug-likeness (QED) is 0.419. The van der Waals surface area contributed by atoms with Crippen molar-refractivity contribution in [3.05, 3.63) is 63.0 Å². The number of aryl methyl sites for hydroxylation is 1. The minimum Gasteiger partial charge on any atom is -0.409 e. The fourth-order valence-corrected chi connectivity index (χ4v) is 2.19. The number of aromatic nitrogens is 2. The predicted molar refractivity (Wildman–Crippen MR) is 88.2 cm³/mol. The fourth-order valence-electron chi connectivity index (χ4n) is 2.07. The number of H-pyrrole nitrogens is 1. The van der Waals surface area contributed by atoms with E-state index in [0.29, 0.717) is 11.3 Å². The van der Waals surface area contributed by atoms with Crippen molar-refractivity contribution in [2.24, 2.45) is 0 Å². The molecule has 3 aromatic rings. The molecule has 3 rings (SSSR count). The average Bonchev–Trinajstić information content (AvgIpc) is 2.96. The first-order chi connectivity index (χ1) is 11.0. The molecule has 0 aliphatic heterocycles. The van der Waals surface area contributed by atoms with Crippen molar-refractivity contribution in [3.63, 3.8) is 0 Å². The van der Waals surface area contributed by atoms with Gasteiger partial charge in [-0.25, -0.2) is 5.10 Å². The summed E-state index contributed by atoms with van der Waals surface area (Å²) in [5.74, 6) is 0.208. The number of hydrogen-bond donors (Lipinski definition) is 2. The van der Waals surface area contributed by atoms with Crippen LogP contribution in [0.4, 0.5) is 17.1 Å². The Balaban J connectivity index is 1.98. The highest BCUT2D eigenvalue weighted by atomic mass is 32.1. The molecule has 8 heteroatoms. The molecule has 1 heterocycles. The van der Waals surface area contributed by atoms with Crippen molar-refractivity contribution in [3.8, 4) is 11.5 Å². The molecule has 0 bridgehead atoms. The lowest BCUT2D eigenvalue weighted by atomic mass is 10.1. The second-order valence-corrected chi connectivity index (χ2v) is 5.27. The van der Waals surface area contributed by atoms with Crippen LogP contribution in [0.2, 0.25) is 0 Å². The van der Waals surface area contributed by atoms with Gasteiger partial charge in [0.1, 0.15) is 5.69 Å². The fraction of sp³-hybridized carbons (Fsp3) is 0.0667. The molecule has 0 aliphatic rings. The molecule has 0 aliphatic carbocycles. The summed E-state index contributed by atoms with van der Waals surface area (Å²) < 4.78 is 5.18. The molecule has 0 atom stereocenters. The molecule has 2 aromatic carbocycles. The van der Waals surface area contributed by atoms with Crippen LogP contribution in [0.25, 0.3) is 11.5 Å². The minimum absolute atomic E-state index is 0.0767. The molecule has 0 amide bonds. The van der Waals surface area contributed by atoms with E-state index >= 15 is 0 Å². The van der Waals surface area contributed by atoms with Crippen LogP contribution in [0, 0.1) is 21.9 Å². The van der Waals surface area contributed by atoms with Crippen LogP contribution in [0.5, 0.6) is 0 Å². The van der Waals surface area contributed by atoms with E-state index in [-0.39, 0.29) is 16.4 Å². The van der Waals surface area contributed by atoms with Crippen LogP contribution in [-0.2, 0) is 0 Å². The largest absolute Gasteiger partial charge is 0.409 e. The van der Waals surface area contributed by atoms with E-state index in [0.717, 1.165) is 11.3 Å². The van der Waals surface area contributed by atoms with Gasteiger partial charge in [-0.1, -0.05) is 17.7 Å². The molecule has 0 saturated heterocycles. The van der Waals surface area contributed by atoms with Crippen molar-refractivity contribution in [1.82, 2.24) is 10.2 Å². The summed E-state index contributed by atoms with van der Waals surface area (Å²) in [5.41, 5.74) is 2.66. The summed E-state index contributed by atoms with van der Waals surface area (Å²) >= 11 is 4.81. The zero-order valence-corrected chi connectivity index (χ0v) is 12.9. The van der Waals surface area contributed by atoms with Crippen LogP contribution in [0.3, 0.4) is 0 Å². The Morgan fingerprint density at radius 1 is 1.26 bits per heavy atom.